The van der Waals surface area contributed by atoms with Crippen molar-refractivity contribution in [2.45, 2.75) is 47.1 Å². The SMILES string of the molecule is Cc1nn(CCCC(C)(C)C#N)c(C)c1Br. The number of nitrogens with zero attached hydrogens (tertiary/aromatic N) is 3. The summed E-state index contributed by atoms with van der Waals surface area (Å²) in [6.45, 7) is 8.88. The standard InChI is InChI=1S/C12H18BrN3/c1-9-11(13)10(2)16(15-9)7-5-6-12(3,4)8-14/h5-7H2,1-4H3. The van der Waals surface area contributed by atoms with Crippen molar-refractivity contribution in [1.82, 2.24) is 9.78 Å². The van der Waals surface area contributed by atoms with Gasteiger partial charge in [0.2, 0.25) is 0 Å². The molecule has 0 aliphatic heterocycles. The molecular weight excluding hydrogens is 266 g/mol. The van der Waals surface area contributed by atoms with E-state index in [0.717, 1.165) is 35.2 Å². The van der Waals surface area contributed by atoms with Crippen LogP contribution in [0.25, 0.3) is 0 Å². The van der Waals surface area contributed by atoms with E-state index in [0.29, 0.717) is 0 Å². The second kappa shape index (κ2) is 5.01. The van der Waals surface area contributed by atoms with Crippen LogP contribution in [0, 0.1) is 30.6 Å². The van der Waals surface area contributed by atoms with Gasteiger partial charge in [-0.15, -0.1) is 0 Å². The lowest BCUT2D eigenvalue weighted by molar-refractivity contribution is 0.404. The van der Waals surface area contributed by atoms with E-state index in [4.69, 9.17) is 5.26 Å². The Morgan fingerprint density at radius 3 is 2.50 bits per heavy atom. The molecule has 0 atom stereocenters. The molecule has 1 heterocycles. The maximum atomic E-state index is 8.91. The minimum absolute atomic E-state index is 0.229. The van der Waals surface area contributed by atoms with E-state index < -0.39 is 0 Å². The molecule has 0 aromatic carbocycles. The summed E-state index contributed by atoms with van der Waals surface area (Å²) in [6.07, 6.45) is 1.88. The van der Waals surface area contributed by atoms with Crippen LogP contribution in [0.15, 0.2) is 4.47 Å². The lowest BCUT2D eigenvalue weighted by Crippen LogP contribution is -2.10. The van der Waals surface area contributed by atoms with Crippen molar-refractivity contribution in [3.63, 3.8) is 0 Å². The Hall–Kier alpha value is -0.820. The van der Waals surface area contributed by atoms with Crippen molar-refractivity contribution < 1.29 is 0 Å². The predicted molar refractivity (Wildman–Crippen MR) is 68.0 cm³/mol. The quantitative estimate of drug-likeness (QED) is 0.847. The molecule has 0 bridgehead atoms. The van der Waals surface area contributed by atoms with Crippen LogP contribution in [0.2, 0.25) is 0 Å². The van der Waals surface area contributed by atoms with Gasteiger partial charge in [0.15, 0.2) is 0 Å². The summed E-state index contributed by atoms with van der Waals surface area (Å²) in [4.78, 5) is 0. The number of hydrogen-bond donors (Lipinski definition) is 0. The van der Waals surface area contributed by atoms with Crippen molar-refractivity contribution in [3.05, 3.63) is 15.9 Å². The zero-order valence-corrected chi connectivity index (χ0v) is 11.9. The monoisotopic (exact) mass is 283 g/mol. The summed E-state index contributed by atoms with van der Waals surface area (Å²) in [5.41, 5.74) is 1.96. The first-order chi connectivity index (χ1) is 7.37. The van der Waals surface area contributed by atoms with Gasteiger partial charge in [-0.3, -0.25) is 4.68 Å². The molecule has 0 aliphatic carbocycles. The van der Waals surface area contributed by atoms with Gasteiger partial charge in [0.1, 0.15) is 0 Å². The Balaban J connectivity index is 2.57. The van der Waals surface area contributed by atoms with Crippen molar-refractivity contribution in [3.8, 4) is 6.07 Å². The molecule has 0 radical (unpaired) electrons. The number of rotatable bonds is 4. The molecule has 88 valence electrons. The largest absolute Gasteiger partial charge is 0.268 e. The molecule has 0 saturated heterocycles. The van der Waals surface area contributed by atoms with Crippen LogP contribution in [0.3, 0.4) is 0 Å². The highest BCUT2D eigenvalue weighted by Crippen LogP contribution is 2.23. The summed E-state index contributed by atoms with van der Waals surface area (Å²) < 4.78 is 3.10. The van der Waals surface area contributed by atoms with Crippen LogP contribution in [0.1, 0.15) is 38.1 Å². The van der Waals surface area contributed by atoms with Crippen molar-refractivity contribution in [2.75, 3.05) is 0 Å². The fourth-order valence-corrected chi connectivity index (χ4v) is 1.90. The van der Waals surface area contributed by atoms with Gasteiger partial charge < -0.3 is 0 Å². The topological polar surface area (TPSA) is 41.6 Å². The Morgan fingerprint density at radius 1 is 1.44 bits per heavy atom. The van der Waals surface area contributed by atoms with Gasteiger partial charge in [-0.2, -0.15) is 10.4 Å². The highest BCUT2D eigenvalue weighted by molar-refractivity contribution is 9.10. The molecule has 0 spiro atoms. The minimum atomic E-state index is -0.229. The molecule has 16 heavy (non-hydrogen) atoms. The van der Waals surface area contributed by atoms with E-state index in [2.05, 4.69) is 34.0 Å². The zero-order chi connectivity index (χ0) is 12.3. The van der Waals surface area contributed by atoms with Gasteiger partial charge in [0, 0.05) is 12.2 Å². The maximum Gasteiger partial charge on any atom is 0.0738 e. The van der Waals surface area contributed by atoms with Crippen molar-refractivity contribution >= 4 is 15.9 Å². The lowest BCUT2D eigenvalue weighted by atomic mass is 9.90. The second-order valence-corrected chi connectivity index (χ2v) is 5.60. The third kappa shape index (κ3) is 3.08. The molecular formula is C12H18BrN3. The average molecular weight is 284 g/mol. The number of halogens is 1. The molecule has 1 rings (SSSR count). The highest BCUT2D eigenvalue weighted by Gasteiger charge is 2.16. The molecule has 1 aromatic heterocycles. The van der Waals surface area contributed by atoms with Crippen molar-refractivity contribution in [1.29, 1.82) is 5.26 Å². The Labute approximate surface area is 106 Å². The summed E-state index contributed by atoms with van der Waals surface area (Å²) in [6, 6.07) is 2.32. The first-order valence-corrected chi connectivity index (χ1v) is 6.27. The lowest BCUT2D eigenvalue weighted by Gasteiger charge is -2.14. The van der Waals surface area contributed by atoms with E-state index in [-0.39, 0.29) is 5.41 Å². The molecule has 4 heteroatoms. The molecule has 1 aromatic rings. The van der Waals surface area contributed by atoms with Crippen LogP contribution in [-0.4, -0.2) is 9.78 Å². The minimum Gasteiger partial charge on any atom is -0.268 e. The van der Waals surface area contributed by atoms with Gasteiger partial charge in [-0.1, -0.05) is 0 Å². The third-order valence-electron chi connectivity index (χ3n) is 2.77. The highest BCUT2D eigenvalue weighted by atomic mass is 79.9. The van der Waals surface area contributed by atoms with Gasteiger partial charge in [0.25, 0.3) is 0 Å². The number of aryl methyl sites for hydroxylation is 2. The average Bonchev–Trinajstić information content (AvgIpc) is 2.46. The number of hydrogen-bond acceptors (Lipinski definition) is 2. The van der Waals surface area contributed by atoms with E-state index in [9.17, 15) is 0 Å². The van der Waals surface area contributed by atoms with E-state index in [1.54, 1.807) is 0 Å². The Kier molecular flexibility index (Phi) is 4.15. The molecule has 3 nitrogen and oxygen atoms in total. The van der Waals surface area contributed by atoms with E-state index >= 15 is 0 Å². The van der Waals surface area contributed by atoms with Gasteiger partial charge in [-0.25, -0.2) is 0 Å². The first-order valence-electron chi connectivity index (χ1n) is 5.48. The normalized spacial score (nSPS) is 11.5. The Morgan fingerprint density at radius 2 is 2.06 bits per heavy atom. The van der Waals surface area contributed by atoms with E-state index in [1.807, 2.05) is 25.5 Å². The fraction of sp³-hybridized carbons (Fsp3) is 0.667. The number of nitriles is 1. The molecule has 0 saturated carbocycles. The Bertz CT molecular complexity index is 413. The summed E-state index contributed by atoms with van der Waals surface area (Å²) >= 11 is 3.51. The molecule has 0 amide bonds. The maximum absolute atomic E-state index is 8.91. The smallest absolute Gasteiger partial charge is 0.0738 e. The van der Waals surface area contributed by atoms with Crippen LogP contribution < -0.4 is 0 Å². The van der Waals surface area contributed by atoms with Crippen LogP contribution in [-0.2, 0) is 6.54 Å². The molecule has 0 unspecified atom stereocenters. The first kappa shape index (κ1) is 13.2. The molecule has 0 aliphatic rings. The van der Waals surface area contributed by atoms with Gasteiger partial charge in [0.05, 0.1) is 21.7 Å². The molecule has 0 N–H and O–H groups in total. The third-order valence-corrected chi connectivity index (χ3v) is 3.92. The summed E-state index contributed by atoms with van der Waals surface area (Å²) in [5, 5.41) is 13.4. The predicted octanol–water partition coefficient (Wildman–Crippen LogP) is 3.59. The number of aromatic nitrogens is 2. The zero-order valence-electron chi connectivity index (χ0n) is 10.3. The van der Waals surface area contributed by atoms with E-state index in [1.165, 1.54) is 0 Å². The van der Waals surface area contributed by atoms with Gasteiger partial charge in [-0.05, 0) is 56.5 Å². The van der Waals surface area contributed by atoms with Gasteiger partial charge >= 0.3 is 0 Å². The fourth-order valence-electron chi connectivity index (χ4n) is 1.62. The molecule has 0 fully saturated rings. The van der Waals surface area contributed by atoms with Crippen molar-refractivity contribution in [2.24, 2.45) is 5.41 Å². The van der Waals surface area contributed by atoms with Crippen LogP contribution in [0.4, 0.5) is 0 Å². The second-order valence-electron chi connectivity index (χ2n) is 4.81. The van der Waals surface area contributed by atoms with Crippen LogP contribution >= 0.6 is 15.9 Å². The summed E-state index contributed by atoms with van der Waals surface area (Å²) in [5.74, 6) is 0. The van der Waals surface area contributed by atoms with Crippen LogP contribution in [0.5, 0.6) is 0 Å². The summed E-state index contributed by atoms with van der Waals surface area (Å²) in [7, 11) is 0.